The Morgan fingerprint density at radius 2 is 2.22 bits per heavy atom. The Morgan fingerprint density at radius 1 is 1.44 bits per heavy atom. The van der Waals surface area contributed by atoms with Crippen molar-refractivity contribution in [3.05, 3.63) is 48.9 Å². The topological polar surface area (TPSA) is 78.2 Å². The molecule has 0 amide bonds. The lowest BCUT2D eigenvalue weighted by atomic mass is 10.3. The molecule has 1 heterocycles. The van der Waals surface area contributed by atoms with E-state index in [-0.39, 0.29) is 17.3 Å². The molecule has 1 aromatic heterocycles. The SMILES string of the molecule is O=[N+]([O-])c1cccc(Br)c1Oc1ncncc1I. The van der Waals surface area contributed by atoms with Crippen LogP contribution in [0.15, 0.2) is 35.2 Å². The number of ether oxygens (including phenoxy) is 1. The Bertz CT molecular complexity index is 609. The van der Waals surface area contributed by atoms with Crippen molar-refractivity contribution in [2.45, 2.75) is 0 Å². The van der Waals surface area contributed by atoms with Gasteiger partial charge in [0, 0.05) is 12.3 Å². The van der Waals surface area contributed by atoms with Crippen molar-refractivity contribution >= 4 is 44.2 Å². The molecule has 0 radical (unpaired) electrons. The third-order valence-corrected chi connectivity index (χ3v) is 3.34. The van der Waals surface area contributed by atoms with E-state index in [0.29, 0.717) is 8.04 Å². The van der Waals surface area contributed by atoms with Crippen molar-refractivity contribution in [3.8, 4) is 11.6 Å². The van der Waals surface area contributed by atoms with Crippen LogP contribution in [-0.4, -0.2) is 14.9 Å². The summed E-state index contributed by atoms with van der Waals surface area (Å²) in [4.78, 5) is 18.2. The molecule has 0 bridgehead atoms. The number of hydrogen-bond donors (Lipinski definition) is 0. The van der Waals surface area contributed by atoms with E-state index in [1.165, 1.54) is 12.4 Å². The summed E-state index contributed by atoms with van der Waals surface area (Å²) in [6.45, 7) is 0. The van der Waals surface area contributed by atoms with Gasteiger partial charge in [-0.15, -0.1) is 0 Å². The molecular formula is C10H5BrIN3O3. The number of rotatable bonds is 3. The molecule has 18 heavy (non-hydrogen) atoms. The van der Waals surface area contributed by atoms with Crippen LogP contribution in [0.1, 0.15) is 0 Å². The lowest BCUT2D eigenvalue weighted by molar-refractivity contribution is -0.385. The number of nitrogens with zero attached hydrogens (tertiary/aromatic N) is 3. The molecule has 0 N–H and O–H groups in total. The van der Waals surface area contributed by atoms with Gasteiger partial charge in [0.25, 0.3) is 0 Å². The van der Waals surface area contributed by atoms with Crippen LogP contribution in [0, 0.1) is 13.7 Å². The minimum atomic E-state index is -0.506. The zero-order valence-electron chi connectivity index (χ0n) is 8.71. The monoisotopic (exact) mass is 421 g/mol. The molecule has 0 aliphatic rings. The minimum absolute atomic E-state index is 0.124. The van der Waals surface area contributed by atoms with Gasteiger partial charge >= 0.3 is 5.69 Å². The molecule has 8 heteroatoms. The molecular weight excluding hydrogens is 417 g/mol. The van der Waals surface area contributed by atoms with Crippen LogP contribution in [0.5, 0.6) is 11.6 Å². The van der Waals surface area contributed by atoms with Gasteiger partial charge < -0.3 is 4.74 Å². The van der Waals surface area contributed by atoms with E-state index in [2.05, 4.69) is 25.9 Å². The van der Waals surface area contributed by atoms with E-state index in [9.17, 15) is 10.1 Å². The first-order valence-corrected chi connectivity index (χ1v) is 6.53. The predicted molar refractivity (Wildman–Crippen MR) is 75.6 cm³/mol. The highest BCUT2D eigenvalue weighted by atomic mass is 127. The fraction of sp³-hybridized carbons (Fsp3) is 0. The summed E-state index contributed by atoms with van der Waals surface area (Å²) in [6.07, 6.45) is 2.88. The Kier molecular flexibility index (Phi) is 4.07. The van der Waals surface area contributed by atoms with E-state index < -0.39 is 4.92 Å². The first-order chi connectivity index (χ1) is 8.59. The highest BCUT2D eigenvalue weighted by molar-refractivity contribution is 14.1. The number of para-hydroxylation sites is 1. The molecule has 0 aliphatic heterocycles. The molecule has 0 saturated heterocycles. The molecule has 0 saturated carbocycles. The van der Waals surface area contributed by atoms with Gasteiger partial charge in [-0.25, -0.2) is 9.97 Å². The summed E-state index contributed by atoms with van der Waals surface area (Å²) >= 11 is 5.21. The second kappa shape index (κ2) is 5.57. The summed E-state index contributed by atoms with van der Waals surface area (Å²) in [5.41, 5.74) is -0.126. The number of hydrogen-bond acceptors (Lipinski definition) is 5. The number of halogens is 2. The molecule has 1 aromatic carbocycles. The maximum Gasteiger partial charge on any atom is 0.312 e. The fourth-order valence-corrected chi connectivity index (χ4v) is 2.06. The summed E-state index contributed by atoms with van der Waals surface area (Å²) in [6, 6.07) is 4.60. The van der Waals surface area contributed by atoms with Crippen molar-refractivity contribution in [2.75, 3.05) is 0 Å². The van der Waals surface area contributed by atoms with Crippen molar-refractivity contribution in [1.82, 2.24) is 9.97 Å². The molecule has 92 valence electrons. The third kappa shape index (κ3) is 2.75. The lowest BCUT2D eigenvalue weighted by Crippen LogP contribution is -1.97. The van der Waals surface area contributed by atoms with Gasteiger partial charge in [0.05, 0.1) is 13.0 Å². The molecule has 0 spiro atoms. The van der Waals surface area contributed by atoms with Crippen molar-refractivity contribution < 1.29 is 9.66 Å². The Labute approximate surface area is 124 Å². The van der Waals surface area contributed by atoms with Gasteiger partial charge in [0.2, 0.25) is 11.6 Å². The van der Waals surface area contributed by atoms with E-state index >= 15 is 0 Å². The molecule has 2 aromatic rings. The van der Waals surface area contributed by atoms with Crippen LogP contribution in [0.2, 0.25) is 0 Å². The zero-order chi connectivity index (χ0) is 13.1. The smallest absolute Gasteiger partial charge is 0.312 e. The van der Waals surface area contributed by atoms with Crippen LogP contribution in [-0.2, 0) is 0 Å². The highest BCUT2D eigenvalue weighted by Gasteiger charge is 2.20. The van der Waals surface area contributed by atoms with Gasteiger partial charge in [-0.05, 0) is 44.6 Å². The summed E-state index contributed by atoms with van der Waals surface area (Å²) in [7, 11) is 0. The predicted octanol–water partition coefficient (Wildman–Crippen LogP) is 3.54. The number of nitro benzene ring substituents is 1. The maximum atomic E-state index is 10.9. The Balaban J connectivity index is 2.46. The first kappa shape index (κ1) is 13.1. The Hall–Kier alpha value is -1.29. The summed E-state index contributed by atoms with van der Waals surface area (Å²) in [5, 5.41) is 10.9. The quantitative estimate of drug-likeness (QED) is 0.430. The van der Waals surface area contributed by atoms with Gasteiger partial charge in [-0.3, -0.25) is 10.1 Å². The first-order valence-electron chi connectivity index (χ1n) is 4.66. The third-order valence-electron chi connectivity index (χ3n) is 1.98. The second-order valence-electron chi connectivity index (χ2n) is 3.12. The van der Waals surface area contributed by atoms with Crippen LogP contribution in [0.4, 0.5) is 5.69 Å². The number of aromatic nitrogens is 2. The van der Waals surface area contributed by atoms with E-state index in [0.717, 1.165) is 0 Å². The van der Waals surface area contributed by atoms with Crippen LogP contribution in [0.25, 0.3) is 0 Å². The summed E-state index contributed by atoms with van der Waals surface area (Å²) in [5.74, 6) is 0.403. The van der Waals surface area contributed by atoms with Gasteiger partial charge in [-0.2, -0.15) is 0 Å². The molecule has 2 rings (SSSR count). The Morgan fingerprint density at radius 3 is 2.89 bits per heavy atom. The van der Waals surface area contributed by atoms with Crippen molar-refractivity contribution in [1.29, 1.82) is 0 Å². The van der Waals surface area contributed by atoms with E-state index in [1.54, 1.807) is 18.3 Å². The standard InChI is InChI=1S/C10H5BrIN3O3/c11-6-2-1-3-8(15(16)17)9(6)18-10-7(12)4-13-5-14-10/h1-5H. The largest absolute Gasteiger partial charge is 0.429 e. The molecule has 0 aliphatic carbocycles. The lowest BCUT2D eigenvalue weighted by Gasteiger charge is -2.07. The highest BCUT2D eigenvalue weighted by Crippen LogP contribution is 2.38. The van der Waals surface area contributed by atoms with Crippen LogP contribution < -0.4 is 4.74 Å². The van der Waals surface area contributed by atoms with E-state index in [1.807, 2.05) is 22.6 Å². The number of nitro groups is 1. The van der Waals surface area contributed by atoms with Gasteiger partial charge in [0.1, 0.15) is 6.33 Å². The normalized spacial score (nSPS) is 10.1. The molecule has 0 atom stereocenters. The fourth-order valence-electron chi connectivity index (χ4n) is 1.22. The zero-order valence-corrected chi connectivity index (χ0v) is 12.5. The van der Waals surface area contributed by atoms with Crippen molar-refractivity contribution in [2.24, 2.45) is 0 Å². The minimum Gasteiger partial charge on any atom is -0.429 e. The average molecular weight is 422 g/mol. The van der Waals surface area contributed by atoms with Crippen LogP contribution >= 0.6 is 38.5 Å². The average Bonchev–Trinajstić information content (AvgIpc) is 2.34. The second-order valence-corrected chi connectivity index (χ2v) is 5.14. The van der Waals surface area contributed by atoms with Crippen molar-refractivity contribution in [3.63, 3.8) is 0 Å². The van der Waals surface area contributed by atoms with Crippen LogP contribution in [0.3, 0.4) is 0 Å². The molecule has 6 nitrogen and oxygen atoms in total. The van der Waals surface area contributed by atoms with E-state index in [4.69, 9.17) is 4.74 Å². The maximum absolute atomic E-state index is 10.9. The molecule has 0 unspecified atom stereocenters. The van der Waals surface area contributed by atoms with Gasteiger partial charge in [0.15, 0.2) is 0 Å². The number of benzene rings is 1. The summed E-state index contributed by atoms with van der Waals surface area (Å²) < 4.78 is 6.64. The van der Waals surface area contributed by atoms with Gasteiger partial charge in [-0.1, -0.05) is 6.07 Å². The molecule has 0 fully saturated rings.